The molecule has 0 unspecified atom stereocenters. The van der Waals surface area contributed by atoms with Gasteiger partial charge in [0.15, 0.2) is 0 Å². The van der Waals surface area contributed by atoms with Gasteiger partial charge in [-0.25, -0.2) is 4.68 Å². The molecule has 0 aliphatic heterocycles. The first-order chi connectivity index (χ1) is 10.2. The van der Waals surface area contributed by atoms with Crippen LogP contribution in [0.4, 0.5) is 5.69 Å². The van der Waals surface area contributed by atoms with E-state index in [9.17, 15) is 10.1 Å². The molecule has 3 rings (SSSR count). The summed E-state index contributed by atoms with van der Waals surface area (Å²) in [6.45, 7) is 0. The van der Waals surface area contributed by atoms with Crippen LogP contribution in [0.3, 0.4) is 0 Å². The minimum Gasteiger partial charge on any atom is -0.258 e. The third kappa shape index (κ3) is 2.81. The molecule has 21 heavy (non-hydrogen) atoms. The Labute approximate surface area is 121 Å². The van der Waals surface area contributed by atoms with Gasteiger partial charge in [0.05, 0.1) is 16.8 Å². The van der Waals surface area contributed by atoms with Crippen LogP contribution in [0.2, 0.25) is 0 Å². The molecule has 1 heterocycles. The molecule has 0 fully saturated rings. The molecule has 104 valence electrons. The monoisotopic (exact) mass is 279 g/mol. The predicted octanol–water partition coefficient (Wildman–Crippen LogP) is 3.55. The largest absolute Gasteiger partial charge is 0.269 e. The zero-order valence-electron chi connectivity index (χ0n) is 11.2. The summed E-state index contributed by atoms with van der Waals surface area (Å²) < 4.78 is 1.72. The van der Waals surface area contributed by atoms with Crippen molar-refractivity contribution in [3.05, 3.63) is 88.8 Å². The normalized spacial score (nSPS) is 14.3. The quantitative estimate of drug-likeness (QED) is 0.637. The highest BCUT2D eigenvalue weighted by molar-refractivity contribution is 5.41. The number of allylic oxidation sites excluding steroid dienone is 6. The fourth-order valence-corrected chi connectivity index (χ4v) is 2.16. The number of nitro groups is 1. The van der Waals surface area contributed by atoms with Crippen molar-refractivity contribution in [3.8, 4) is 5.69 Å². The van der Waals surface area contributed by atoms with Crippen molar-refractivity contribution in [2.45, 2.75) is 5.92 Å². The molecule has 1 aliphatic rings. The Kier molecular flexibility index (Phi) is 3.47. The van der Waals surface area contributed by atoms with Crippen LogP contribution in [-0.2, 0) is 0 Å². The highest BCUT2D eigenvalue weighted by Gasteiger charge is 2.10. The molecule has 0 bridgehead atoms. The fourth-order valence-electron chi connectivity index (χ4n) is 2.16. The Morgan fingerprint density at radius 3 is 2.33 bits per heavy atom. The molecule has 1 aliphatic carbocycles. The number of aromatic nitrogens is 2. The van der Waals surface area contributed by atoms with Crippen molar-refractivity contribution in [1.29, 1.82) is 0 Å². The molecule has 1 aromatic carbocycles. The van der Waals surface area contributed by atoms with Gasteiger partial charge in [-0.2, -0.15) is 5.10 Å². The first kappa shape index (κ1) is 13.1. The summed E-state index contributed by atoms with van der Waals surface area (Å²) in [5, 5.41) is 15.0. The van der Waals surface area contributed by atoms with Gasteiger partial charge in [0, 0.05) is 29.8 Å². The van der Waals surface area contributed by atoms with E-state index in [1.165, 1.54) is 12.1 Å². The average molecular weight is 279 g/mol. The summed E-state index contributed by atoms with van der Waals surface area (Å²) in [7, 11) is 0. The topological polar surface area (TPSA) is 61.0 Å². The van der Waals surface area contributed by atoms with Crippen molar-refractivity contribution >= 4 is 5.69 Å². The molecule has 1 aromatic heterocycles. The Morgan fingerprint density at radius 2 is 1.71 bits per heavy atom. The maximum atomic E-state index is 10.7. The number of non-ortho nitro benzene ring substituents is 1. The highest BCUT2D eigenvalue weighted by Crippen LogP contribution is 2.22. The summed E-state index contributed by atoms with van der Waals surface area (Å²) in [6.07, 6.45) is 15.9. The summed E-state index contributed by atoms with van der Waals surface area (Å²) in [6, 6.07) is 6.34. The van der Waals surface area contributed by atoms with Crippen LogP contribution in [-0.4, -0.2) is 14.7 Å². The lowest BCUT2D eigenvalue weighted by Gasteiger charge is -2.03. The number of hydrogen-bond acceptors (Lipinski definition) is 3. The molecule has 0 saturated carbocycles. The van der Waals surface area contributed by atoms with Crippen LogP contribution in [0.15, 0.2) is 73.1 Å². The van der Waals surface area contributed by atoms with Crippen molar-refractivity contribution in [2.24, 2.45) is 0 Å². The minimum atomic E-state index is -0.410. The summed E-state index contributed by atoms with van der Waals surface area (Å²) in [5.41, 5.74) is 1.95. The highest BCUT2D eigenvalue weighted by atomic mass is 16.6. The summed E-state index contributed by atoms with van der Waals surface area (Å²) in [5.74, 6) is 0.187. The maximum absolute atomic E-state index is 10.7. The molecule has 5 heteroatoms. The average Bonchev–Trinajstić information content (AvgIpc) is 2.83. The van der Waals surface area contributed by atoms with E-state index in [4.69, 9.17) is 0 Å². The van der Waals surface area contributed by atoms with Crippen LogP contribution in [0.1, 0.15) is 11.5 Å². The second kappa shape index (κ2) is 5.58. The van der Waals surface area contributed by atoms with Gasteiger partial charge in [0.2, 0.25) is 0 Å². The molecule has 2 aromatic rings. The van der Waals surface area contributed by atoms with Crippen LogP contribution in [0.5, 0.6) is 0 Å². The van der Waals surface area contributed by atoms with E-state index in [-0.39, 0.29) is 11.6 Å². The van der Waals surface area contributed by atoms with E-state index in [0.717, 1.165) is 11.3 Å². The standard InChI is InChI=1S/C16H13N3O2/c20-19(21)16-9-7-15(8-10-16)18-12-14(11-17-18)13-5-3-1-2-4-6-13/h1-13H. The molecular formula is C16H13N3O2. The van der Waals surface area contributed by atoms with Gasteiger partial charge in [-0.1, -0.05) is 36.5 Å². The Balaban J connectivity index is 1.86. The van der Waals surface area contributed by atoms with Gasteiger partial charge in [-0.05, 0) is 12.1 Å². The number of nitrogens with zero attached hydrogens (tertiary/aromatic N) is 3. The Morgan fingerprint density at radius 1 is 1.05 bits per heavy atom. The van der Waals surface area contributed by atoms with Crippen LogP contribution in [0.25, 0.3) is 5.69 Å². The van der Waals surface area contributed by atoms with E-state index >= 15 is 0 Å². The van der Waals surface area contributed by atoms with Gasteiger partial charge in [-0.15, -0.1) is 0 Å². The van der Waals surface area contributed by atoms with Crippen molar-refractivity contribution in [2.75, 3.05) is 0 Å². The lowest BCUT2D eigenvalue weighted by Crippen LogP contribution is -1.95. The molecule has 0 atom stereocenters. The molecule has 0 spiro atoms. The van der Waals surface area contributed by atoms with Crippen LogP contribution < -0.4 is 0 Å². The zero-order valence-corrected chi connectivity index (χ0v) is 11.2. The summed E-state index contributed by atoms with van der Waals surface area (Å²) in [4.78, 5) is 10.2. The zero-order chi connectivity index (χ0) is 14.7. The van der Waals surface area contributed by atoms with E-state index in [0.29, 0.717) is 0 Å². The molecule has 0 saturated heterocycles. The van der Waals surface area contributed by atoms with Gasteiger partial charge in [0.25, 0.3) is 5.69 Å². The van der Waals surface area contributed by atoms with E-state index in [1.807, 2.05) is 36.7 Å². The second-order valence-electron chi connectivity index (χ2n) is 4.67. The maximum Gasteiger partial charge on any atom is 0.269 e. The van der Waals surface area contributed by atoms with Gasteiger partial charge in [-0.3, -0.25) is 10.1 Å². The predicted molar refractivity (Wildman–Crippen MR) is 80.4 cm³/mol. The van der Waals surface area contributed by atoms with E-state index in [1.54, 1.807) is 16.8 Å². The third-order valence-corrected chi connectivity index (χ3v) is 3.28. The van der Waals surface area contributed by atoms with Crippen LogP contribution in [0, 0.1) is 10.1 Å². The molecule has 0 amide bonds. The van der Waals surface area contributed by atoms with Gasteiger partial charge in [0.1, 0.15) is 0 Å². The van der Waals surface area contributed by atoms with Crippen LogP contribution >= 0.6 is 0 Å². The van der Waals surface area contributed by atoms with E-state index in [2.05, 4.69) is 17.3 Å². The molecule has 0 N–H and O–H groups in total. The molecule has 5 nitrogen and oxygen atoms in total. The lowest BCUT2D eigenvalue weighted by atomic mass is 10.0. The first-order valence-electron chi connectivity index (χ1n) is 6.55. The fraction of sp³-hybridized carbons (Fsp3) is 0.0625. The minimum absolute atomic E-state index is 0.0758. The lowest BCUT2D eigenvalue weighted by molar-refractivity contribution is -0.384. The van der Waals surface area contributed by atoms with Crippen molar-refractivity contribution in [1.82, 2.24) is 9.78 Å². The second-order valence-corrected chi connectivity index (χ2v) is 4.67. The van der Waals surface area contributed by atoms with Gasteiger partial charge < -0.3 is 0 Å². The molecular weight excluding hydrogens is 266 g/mol. The number of rotatable bonds is 3. The Hall–Kier alpha value is -2.95. The van der Waals surface area contributed by atoms with Gasteiger partial charge >= 0.3 is 0 Å². The van der Waals surface area contributed by atoms with Crippen molar-refractivity contribution in [3.63, 3.8) is 0 Å². The number of hydrogen-bond donors (Lipinski definition) is 0. The Bertz CT molecular complexity index is 723. The summed E-state index contributed by atoms with van der Waals surface area (Å²) >= 11 is 0. The SMILES string of the molecule is O=[N+]([O-])c1ccc(-n2cc(C3C=CC=CC=C3)cn2)cc1. The third-order valence-electron chi connectivity index (χ3n) is 3.28. The smallest absolute Gasteiger partial charge is 0.258 e. The first-order valence-corrected chi connectivity index (χ1v) is 6.55. The van der Waals surface area contributed by atoms with Crippen molar-refractivity contribution < 1.29 is 4.92 Å². The number of benzene rings is 1. The van der Waals surface area contributed by atoms with E-state index < -0.39 is 4.92 Å². The molecule has 0 radical (unpaired) electrons. The number of nitro benzene ring substituents is 1.